The van der Waals surface area contributed by atoms with Crippen molar-refractivity contribution in [1.82, 2.24) is 14.7 Å². The summed E-state index contributed by atoms with van der Waals surface area (Å²) in [6, 6.07) is 28.9. The molecule has 0 saturated heterocycles. The van der Waals surface area contributed by atoms with E-state index < -0.39 is 0 Å². The monoisotopic (exact) mass is 480 g/mol. The number of anilines is 1. The number of hydrogen-bond acceptors (Lipinski definition) is 3. The normalized spacial score (nSPS) is 11.2. The topological polar surface area (TPSA) is 67.2 Å². The molecule has 4 aromatic rings. The third-order valence-corrected chi connectivity index (χ3v) is 6.05. The van der Waals surface area contributed by atoms with E-state index in [4.69, 9.17) is 5.10 Å². The van der Waals surface area contributed by atoms with Crippen molar-refractivity contribution >= 4 is 17.6 Å². The molecule has 3 aromatic carbocycles. The summed E-state index contributed by atoms with van der Waals surface area (Å²) in [6.07, 6.45) is 0. The Hall–Kier alpha value is -4.19. The Morgan fingerprint density at radius 1 is 0.889 bits per heavy atom. The van der Waals surface area contributed by atoms with Crippen molar-refractivity contribution in [3.8, 4) is 16.9 Å². The van der Waals surface area contributed by atoms with Gasteiger partial charge in [0.05, 0.1) is 11.4 Å². The minimum absolute atomic E-state index is 0.00616. The number of nitrogens with zero attached hydrogens (tertiary/aromatic N) is 3. The van der Waals surface area contributed by atoms with Crippen LogP contribution in [0.2, 0.25) is 0 Å². The lowest BCUT2D eigenvalue weighted by Gasteiger charge is -2.22. The fraction of sp³-hybridized carbons (Fsp3) is 0.233. The van der Waals surface area contributed by atoms with Crippen LogP contribution in [0, 0.1) is 0 Å². The summed E-state index contributed by atoms with van der Waals surface area (Å²) < 4.78 is 1.71. The summed E-state index contributed by atoms with van der Waals surface area (Å²) in [5.74, 6) is 0.0888. The summed E-state index contributed by atoms with van der Waals surface area (Å²) >= 11 is 0. The molecule has 2 amide bonds. The smallest absolute Gasteiger partial charge is 0.254 e. The van der Waals surface area contributed by atoms with E-state index in [2.05, 4.69) is 26.1 Å². The van der Waals surface area contributed by atoms with Gasteiger partial charge in [-0.1, -0.05) is 81.4 Å². The molecular formula is C30H32N4O2. The van der Waals surface area contributed by atoms with Gasteiger partial charge in [0, 0.05) is 23.7 Å². The molecule has 1 heterocycles. The molecule has 0 fully saturated rings. The summed E-state index contributed by atoms with van der Waals surface area (Å²) in [5.41, 5.74) is 4.26. The first-order valence-corrected chi connectivity index (χ1v) is 12.2. The highest BCUT2D eigenvalue weighted by atomic mass is 16.2. The Kier molecular flexibility index (Phi) is 7.34. The van der Waals surface area contributed by atoms with Gasteiger partial charge in [0.1, 0.15) is 12.4 Å². The maximum atomic E-state index is 13.1. The highest BCUT2D eigenvalue weighted by Gasteiger charge is 2.21. The van der Waals surface area contributed by atoms with Crippen molar-refractivity contribution in [2.24, 2.45) is 0 Å². The minimum Gasteiger partial charge on any atom is -0.330 e. The number of nitrogens with one attached hydrogen (secondary N) is 1. The standard InChI is InChI=1S/C30H32N4O2/c1-5-33(29(36)23-16-18-24(19-17-23)30(2,3)4)21-28(35)31-27-20-26(22-12-8-6-9-13-22)32-34(27)25-14-10-7-11-15-25/h6-20H,5,21H2,1-4H3,(H,31,35). The molecule has 0 atom stereocenters. The molecule has 6 nitrogen and oxygen atoms in total. The Labute approximate surface area is 212 Å². The lowest BCUT2D eigenvalue weighted by Crippen LogP contribution is -2.38. The van der Waals surface area contributed by atoms with Gasteiger partial charge in [0.2, 0.25) is 5.91 Å². The number of benzene rings is 3. The minimum atomic E-state index is -0.284. The Morgan fingerprint density at radius 2 is 1.50 bits per heavy atom. The number of rotatable bonds is 7. The van der Waals surface area contributed by atoms with E-state index in [0.29, 0.717) is 17.9 Å². The predicted molar refractivity (Wildman–Crippen MR) is 144 cm³/mol. The highest BCUT2D eigenvalue weighted by Crippen LogP contribution is 2.25. The van der Waals surface area contributed by atoms with Crippen molar-refractivity contribution in [3.05, 3.63) is 102 Å². The van der Waals surface area contributed by atoms with E-state index in [9.17, 15) is 9.59 Å². The zero-order valence-corrected chi connectivity index (χ0v) is 21.2. The van der Waals surface area contributed by atoms with Crippen LogP contribution in [0.5, 0.6) is 0 Å². The third kappa shape index (κ3) is 5.71. The number of amides is 2. The maximum Gasteiger partial charge on any atom is 0.254 e. The van der Waals surface area contributed by atoms with Gasteiger partial charge in [-0.2, -0.15) is 5.10 Å². The number of carbonyl (C=O) groups is 2. The van der Waals surface area contributed by atoms with Crippen molar-refractivity contribution in [2.75, 3.05) is 18.4 Å². The number of aromatic nitrogens is 2. The van der Waals surface area contributed by atoms with Crippen molar-refractivity contribution in [3.63, 3.8) is 0 Å². The molecule has 0 radical (unpaired) electrons. The van der Waals surface area contributed by atoms with Crippen LogP contribution in [0.3, 0.4) is 0 Å². The highest BCUT2D eigenvalue weighted by molar-refractivity contribution is 5.99. The van der Waals surface area contributed by atoms with E-state index in [1.54, 1.807) is 9.58 Å². The van der Waals surface area contributed by atoms with Crippen LogP contribution in [-0.2, 0) is 10.2 Å². The SMILES string of the molecule is CCN(CC(=O)Nc1cc(-c2ccccc2)nn1-c1ccccc1)C(=O)c1ccc(C(C)(C)C)cc1. The van der Waals surface area contributed by atoms with Gasteiger partial charge >= 0.3 is 0 Å². The van der Waals surface area contributed by atoms with Gasteiger partial charge in [-0.15, -0.1) is 0 Å². The molecule has 0 unspecified atom stereocenters. The van der Waals surface area contributed by atoms with Crippen LogP contribution in [0.4, 0.5) is 5.82 Å². The molecule has 0 bridgehead atoms. The van der Waals surface area contributed by atoms with Crippen molar-refractivity contribution in [2.45, 2.75) is 33.1 Å². The molecule has 4 rings (SSSR count). The fourth-order valence-electron chi connectivity index (χ4n) is 3.96. The maximum absolute atomic E-state index is 13.1. The largest absolute Gasteiger partial charge is 0.330 e. The summed E-state index contributed by atoms with van der Waals surface area (Å²) in [4.78, 5) is 27.8. The summed E-state index contributed by atoms with van der Waals surface area (Å²) in [5, 5.41) is 7.70. The van der Waals surface area contributed by atoms with E-state index in [0.717, 1.165) is 22.5 Å². The first-order chi connectivity index (χ1) is 17.3. The van der Waals surface area contributed by atoms with E-state index >= 15 is 0 Å². The van der Waals surface area contributed by atoms with Gasteiger partial charge in [0.25, 0.3) is 5.91 Å². The Morgan fingerprint density at radius 3 is 2.08 bits per heavy atom. The molecule has 0 saturated carbocycles. The van der Waals surface area contributed by atoms with Crippen molar-refractivity contribution < 1.29 is 9.59 Å². The number of carbonyl (C=O) groups excluding carboxylic acids is 2. The molecule has 0 spiro atoms. The number of hydrogen-bond donors (Lipinski definition) is 1. The van der Waals surface area contributed by atoms with Crippen LogP contribution in [-0.4, -0.2) is 39.6 Å². The average molecular weight is 481 g/mol. The molecule has 0 aliphatic heterocycles. The molecule has 1 N–H and O–H groups in total. The molecule has 6 heteroatoms. The zero-order chi connectivity index (χ0) is 25.7. The first-order valence-electron chi connectivity index (χ1n) is 12.2. The van der Waals surface area contributed by atoms with Crippen LogP contribution >= 0.6 is 0 Å². The number of para-hydroxylation sites is 1. The molecule has 36 heavy (non-hydrogen) atoms. The molecule has 0 aliphatic rings. The summed E-state index contributed by atoms with van der Waals surface area (Å²) in [7, 11) is 0. The lowest BCUT2D eigenvalue weighted by atomic mass is 9.86. The molecule has 0 aliphatic carbocycles. The third-order valence-electron chi connectivity index (χ3n) is 6.05. The first kappa shape index (κ1) is 24.9. The van der Waals surface area contributed by atoms with Crippen LogP contribution in [0.25, 0.3) is 16.9 Å². The average Bonchev–Trinajstić information content (AvgIpc) is 3.31. The van der Waals surface area contributed by atoms with E-state index in [1.807, 2.05) is 97.9 Å². The zero-order valence-electron chi connectivity index (χ0n) is 21.2. The van der Waals surface area contributed by atoms with Crippen LogP contribution in [0.15, 0.2) is 91.0 Å². The van der Waals surface area contributed by atoms with Crippen LogP contribution < -0.4 is 5.32 Å². The van der Waals surface area contributed by atoms with Gasteiger partial charge < -0.3 is 10.2 Å². The van der Waals surface area contributed by atoms with Crippen molar-refractivity contribution in [1.29, 1.82) is 0 Å². The Bertz CT molecular complexity index is 1320. The summed E-state index contributed by atoms with van der Waals surface area (Å²) in [6.45, 7) is 8.63. The fourth-order valence-corrected chi connectivity index (χ4v) is 3.96. The quantitative estimate of drug-likeness (QED) is 0.356. The van der Waals surface area contributed by atoms with Crippen LogP contribution in [0.1, 0.15) is 43.6 Å². The molecule has 1 aromatic heterocycles. The predicted octanol–water partition coefficient (Wildman–Crippen LogP) is 5.94. The second kappa shape index (κ2) is 10.6. The Balaban J connectivity index is 1.54. The lowest BCUT2D eigenvalue weighted by molar-refractivity contribution is -0.116. The van der Waals surface area contributed by atoms with E-state index in [1.165, 1.54) is 0 Å². The van der Waals surface area contributed by atoms with Gasteiger partial charge in [0.15, 0.2) is 0 Å². The number of likely N-dealkylation sites (N-methyl/N-ethyl adjacent to an activating group) is 1. The molecular weight excluding hydrogens is 448 g/mol. The molecule has 184 valence electrons. The van der Waals surface area contributed by atoms with E-state index in [-0.39, 0.29) is 23.8 Å². The van der Waals surface area contributed by atoms with Gasteiger partial charge in [-0.05, 0) is 42.2 Å². The second-order valence-corrected chi connectivity index (χ2v) is 9.72. The van der Waals surface area contributed by atoms with Gasteiger partial charge in [-0.3, -0.25) is 9.59 Å². The second-order valence-electron chi connectivity index (χ2n) is 9.72. The van der Waals surface area contributed by atoms with Gasteiger partial charge in [-0.25, -0.2) is 4.68 Å².